The highest BCUT2D eigenvalue weighted by molar-refractivity contribution is 7.92. The SMILES string of the molecule is CCOc1ncccc1NS(=O)(=O)c1cccnc1Cl. The molecule has 0 aliphatic carbocycles. The molecule has 2 heterocycles. The Morgan fingerprint density at radius 2 is 1.95 bits per heavy atom. The third kappa shape index (κ3) is 3.17. The summed E-state index contributed by atoms with van der Waals surface area (Å²) in [7, 11) is -3.85. The third-order valence-electron chi connectivity index (χ3n) is 2.31. The van der Waals surface area contributed by atoms with E-state index in [1.54, 1.807) is 19.1 Å². The summed E-state index contributed by atoms with van der Waals surface area (Å²) in [5.74, 6) is 0.207. The highest BCUT2D eigenvalue weighted by Gasteiger charge is 2.20. The maximum Gasteiger partial charge on any atom is 0.265 e. The van der Waals surface area contributed by atoms with Crippen LogP contribution in [0.4, 0.5) is 5.69 Å². The van der Waals surface area contributed by atoms with Crippen molar-refractivity contribution in [3.05, 3.63) is 41.8 Å². The summed E-state index contributed by atoms with van der Waals surface area (Å²) in [6.45, 7) is 2.16. The summed E-state index contributed by atoms with van der Waals surface area (Å²) in [6, 6.07) is 6.02. The van der Waals surface area contributed by atoms with Gasteiger partial charge in [0.25, 0.3) is 10.0 Å². The van der Waals surface area contributed by atoms with Crippen LogP contribution in [0.2, 0.25) is 5.15 Å². The summed E-state index contributed by atoms with van der Waals surface area (Å²) in [5, 5.41) is -0.0955. The van der Waals surface area contributed by atoms with Gasteiger partial charge >= 0.3 is 0 Å². The molecule has 0 saturated carbocycles. The van der Waals surface area contributed by atoms with Crippen molar-refractivity contribution >= 4 is 27.3 Å². The van der Waals surface area contributed by atoms with Crippen LogP contribution in [-0.2, 0) is 10.0 Å². The van der Waals surface area contributed by atoms with Gasteiger partial charge in [-0.3, -0.25) is 4.72 Å². The van der Waals surface area contributed by atoms with Crippen molar-refractivity contribution < 1.29 is 13.2 Å². The molecular formula is C12H12ClN3O3S. The fraction of sp³-hybridized carbons (Fsp3) is 0.167. The molecule has 8 heteroatoms. The van der Waals surface area contributed by atoms with Gasteiger partial charge in [0.2, 0.25) is 5.88 Å². The lowest BCUT2D eigenvalue weighted by Gasteiger charge is -2.11. The van der Waals surface area contributed by atoms with E-state index in [1.807, 2.05) is 0 Å². The van der Waals surface area contributed by atoms with Crippen LogP contribution >= 0.6 is 11.6 Å². The van der Waals surface area contributed by atoms with E-state index >= 15 is 0 Å². The monoisotopic (exact) mass is 313 g/mol. The minimum atomic E-state index is -3.85. The van der Waals surface area contributed by atoms with Crippen LogP contribution in [0.15, 0.2) is 41.6 Å². The number of ether oxygens (including phenoxy) is 1. The average molecular weight is 314 g/mol. The Labute approximate surface area is 121 Å². The van der Waals surface area contributed by atoms with Gasteiger partial charge in [0.1, 0.15) is 15.7 Å². The number of aromatic nitrogens is 2. The third-order valence-corrected chi connectivity index (χ3v) is 4.12. The quantitative estimate of drug-likeness (QED) is 0.857. The van der Waals surface area contributed by atoms with Crippen LogP contribution in [0.3, 0.4) is 0 Å². The molecule has 0 aliphatic rings. The largest absolute Gasteiger partial charge is 0.476 e. The lowest BCUT2D eigenvalue weighted by atomic mass is 10.4. The molecule has 0 saturated heterocycles. The van der Waals surface area contributed by atoms with Crippen molar-refractivity contribution in [1.29, 1.82) is 0 Å². The maximum absolute atomic E-state index is 12.3. The molecule has 2 aromatic rings. The number of hydrogen-bond acceptors (Lipinski definition) is 5. The molecule has 0 atom stereocenters. The molecule has 1 N–H and O–H groups in total. The highest BCUT2D eigenvalue weighted by Crippen LogP contribution is 2.26. The Kier molecular flexibility index (Phi) is 4.41. The predicted molar refractivity (Wildman–Crippen MR) is 75.5 cm³/mol. The molecule has 0 aromatic carbocycles. The molecule has 0 radical (unpaired) electrons. The van der Waals surface area contributed by atoms with Crippen molar-refractivity contribution in [3.8, 4) is 5.88 Å². The van der Waals surface area contributed by atoms with Crippen LogP contribution in [-0.4, -0.2) is 25.0 Å². The van der Waals surface area contributed by atoms with Gasteiger partial charge in [0.05, 0.1) is 6.61 Å². The first-order chi connectivity index (χ1) is 9.54. The minimum absolute atomic E-state index is 0.0955. The summed E-state index contributed by atoms with van der Waals surface area (Å²) in [5.41, 5.74) is 0.245. The predicted octanol–water partition coefficient (Wildman–Crippen LogP) is 2.33. The van der Waals surface area contributed by atoms with E-state index in [0.29, 0.717) is 6.61 Å². The van der Waals surface area contributed by atoms with Gasteiger partial charge in [0, 0.05) is 12.4 Å². The van der Waals surface area contributed by atoms with Crippen molar-refractivity contribution in [3.63, 3.8) is 0 Å². The second-order valence-corrected chi connectivity index (χ2v) is 5.70. The maximum atomic E-state index is 12.3. The number of anilines is 1. The zero-order valence-corrected chi connectivity index (χ0v) is 12.1. The minimum Gasteiger partial charge on any atom is -0.476 e. The molecule has 2 rings (SSSR count). The molecule has 0 fully saturated rings. The Morgan fingerprint density at radius 3 is 2.65 bits per heavy atom. The Hall–Kier alpha value is -1.86. The van der Waals surface area contributed by atoms with Gasteiger partial charge in [-0.2, -0.15) is 0 Å². The molecule has 0 bridgehead atoms. The normalized spacial score (nSPS) is 11.1. The molecule has 20 heavy (non-hydrogen) atoms. The molecule has 0 aliphatic heterocycles. The lowest BCUT2D eigenvalue weighted by Crippen LogP contribution is -2.15. The van der Waals surface area contributed by atoms with Gasteiger partial charge < -0.3 is 4.74 Å². The topological polar surface area (TPSA) is 81.2 Å². The van der Waals surface area contributed by atoms with Gasteiger partial charge in [-0.05, 0) is 31.2 Å². The first-order valence-corrected chi connectivity index (χ1v) is 7.62. The van der Waals surface area contributed by atoms with Crippen molar-refractivity contribution in [2.75, 3.05) is 11.3 Å². The van der Waals surface area contributed by atoms with E-state index in [9.17, 15) is 8.42 Å². The van der Waals surface area contributed by atoms with Crippen LogP contribution in [0.1, 0.15) is 6.92 Å². The number of sulfonamides is 1. The average Bonchev–Trinajstić information content (AvgIpc) is 2.41. The molecule has 0 unspecified atom stereocenters. The van der Waals surface area contributed by atoms with E-state index in [2.05, 4.69) is 14.7 Å². The van der Waals surface area contributed by atoms with Gasteiger partial charge in [0.15, 0.2) is 0 Å². The zero-order valence-electron chi connectivity index (χ0n) is 10.6. The van der Waals surface area contributed by atoms with Crippen LogP contribution < -0.4 is 9.46 Å². The molecular weight excluding hydrogens is 302 g/mol. The summed E-state index contributed by atoms with van der Waals surface area (Å²) in [4.78, 5) is 7.61. The second kappa shape index (κ2) is 6.06. The first kappa shape index (κ1) is 14.5. The molecule has 6 nitrogen and oxygen atoms in total. The van der Waals surface area contributed by atoms with Crippen molar-refractivity contribution in [2.45, 2.75) is 11.8 Å². The van der Waals surface area contributed by atoms with Crippen molar-refractivity contribution in [1.82, 2.24) is 9.97 Å². The van der Waals surface area contributed by atoms with Crippen LogP contribution in [0.25, 0.3) is 0 Å². The van der Waals surface area contributed by atoms with E-state index < -0.39 is 10.0 Å². The van der Waals surface area contributed by atoms with Gasteiger partial charge in [-0.25, -0.2) is 18.4 Å². The summed E-state index contributed by atoms with van der Waals surface area (Å²) < 4.78 is 32.2. The first-order valence-electron chi connectivity index (χ1n) is 5.75. The van der Waals surface area contributed by atoms with Crippen molar-refractivity contribution in [2.24, 2.45) is 0 Å². The van der Waals surface area contributed by atoms with E-state index in [0.717, 1.165) is 0 Å². The van der Waals surface area contributed by atoms with Gasteiger partial charge in [-0.1, -0.05) is 11.6 Å². The zero-order chi connectivity index (χ0) is 14.6. The fourth-order valence-electron chi connectivity index (χ4n) is 1.49. The number of halogens is 1. The smallest absolute Gasteiger partial charge is 0.265 e. The molecule has 0 amide bonds. The summed E-state index contributed by atoms with van der Waals surface area (Å²) >= 11 is 5.80. The highest BCUT2D eigenvalue weighted by atomic mass is 35.5. The molecule has 0 spiro atoms. The lowest BCUT2D eigenvalue weighted by molar-refractivity contribution is 0.329. The van der Waals surface area contributed by atoms with E-state index in [4.69, 9.17) is 16.3 Å². The standard InChI is InChI=1S/C12H12ClN3O3S/c1-2-19-12-9(5-3-8-15-12)16-20(17,18)10-6-4-7-14-11(10)13/h3-8,16H,2H2,1H3. The Balaban J connectivity index is 2.37. The molecule has 106 valence electrons. The second-order valence-electron chi connectivity index (χ2n) is 3.69. The number of hydrogen-bond donors (Lipinski definition) is 1. The van der Waals surface area contributed by atoms with Crippen LogP contribution in [0.5, 0.6) is 5.88 Å². The van der Waals surface area contributed by atoms with E-state index in [-0.39, 0.29) is 21.6 Å². The Bertz CT molecular complexity index is 707. The fourth-order valence-corrected chi connectivity index (χ4v) is 3.00. The number of pyridine rings is 2. The number of nitrogens with zero attached hydrogens (tertiary/aromatic N) is 2. The number of nitrogens with one attached hydrogen (secondary N) is 1. The van der Waals surface area contributed by atoms with Gasteiger partial charge in [-0.15, -0.1) is 0 Å². The van der Waals surface area contributed by atoms with E-state index in [1.165, 1.54) is 24.5 Å². The summed E-state index contributed by atoms with van der Waals surface area (Å²) in [6.07, 6.45) is 2.93. The van der Waals surface area contributed by atoms with Crippen LogP contribution in [0, 0.1) is 0 Å². The Morgan fingerprint density at radius 1 is 1.25 bits per heavy atom. The number of rotatable bonds is 5. The molecule has 2 aromatic heterocycles.